The molecule has 0 bridgehead atoms. The van der Waals surface area contributed by atoms with E-state index in [2.05, 4.69) is 29.2 Å². The number of nitrogens with zero attached hydrogens (tertiary/aromatic N) is 2. The number of hydrogen-bond donors (Lipinski definition) is 0. The monoisotopic (exact) mass is 370 g/mol. The minimum Gasteiger partial charge on any atom is -0.372 e. The highest BCUT2D eigenvalue weighted by Crippen LogP contribution is 2.21. The zero-order valence-electron chi connectivity index (χ0n) is 15.5. The number of amides is 1. The molecule has 0 N–H and O–H groups in total. The molecule has 1 heterocycles. The molecule has 0 saturated carbocycles. The first-order valence-electron chi connectivity index (χ1n) is 9.45. The van der Waals surface area contributed by atoms with Gasteiger partial charge in [-0.2, -0.15) is 0 Å². The molecule has 1 fully saturated rings. The van der Waals surface area contributed by atoms with Gasteiger partial charge in [-0.3, -0.25) is 4.79 Å². The summed E-state index contributed by atoms with van der Waals surface area (Å²) in [6.45, 7) is 2.95. The van der Waals surface area contributed by atoms with Crippen LogP contribution in [0.5, 0.6) is 0 Å². The molecule has 4 heteroatoms. The molecule has 2 aromatic carbocycles. The van der Waals surface area contributed by atoms with Crippen LogP contribution in [0.3, 0.4) is 0 Å². The molecule has 26 heavy (non-hydrogen) atoms. The van der Waals surface area contributed by atoms with Crippen molar-refractivity contribution in [2.24, 2.45) is 0 Å². The van der Waals surface area contributed by atoms with Crippen LogP contribution >= 0.6 is 11.6 Å². The van der Waals surface area contributed by atoms with Gasteiger partial charge in [-0.25, -0.2) is 0 Å². The van der Waals surface area contributed by atoms with E-state index in [4.69, 9.17) is 11.6 Å². The lowest BCUT2D eigenvalue weighted by Gasteiger charge is -2.29. The van der Waals surface area contributed by atoms with Crippen LogP contribution in [0.25, 0.3) is 0 Å². The Labute approximate surface area is 161 Å². The van der Waals surface area contributed by atoms with Gasteiger partial charge in [-0.1, -0.05) is 41.9 Å². The first kappa shape index (κ1) is 18.8. The second-order valence-electron chi connectivity index (χ2n) is 7.06. The number of halogens is 1. The molecule has 138 valence electrons. The summed E-state index contributed by atoms with van der Waals surface area (Å²) in [7, 11) is 1.87. The van der Waals surface area contributed by atoms with Crippen LogP contribution in [-0.2, 0) is 17.8 Å². The Kier molecular flexibility index (Phi) is 6.56. The lowest BCUT2D eigenvalue weighted by molar-refractivity contribution is -0.130. The van der Waals surface area contributed by atoms with Crippen LogP contribution in [0.1, 0.15) is 36.8 Å². The molecule has 2 aromatic rings. The van der Waals surface area contributed by atoms with Crippen molar-refractivity contribution in [1.29, 1.82) is 0 Å². The van der Waals surface area contributed by atoms with Crippen LogP contribution in [-0.4, -0.2) is 30.9 Å². The van der Waals surface area contributed by atoms with Crippen molar-refractivity contribution < 1.29 is 4.79 Å². The summed E-state index contributed by atoms with van der Waals surface area (Å²) in [5, 5.41) is 0.733. The zero-order valence-corrected chi connectivity index (χ0v) is 16.2. The Morgan fingerprint density at radius 2 is 1.73 bits per heavy atom. The average molecular weight is 371 g/mol. The Bertz CT molecular complexity index is 723. The molecule has 1 aliphatic heterocycles. The Morgan fingerprint density at radius 3 is 2.42 bits per heavy atom. The summed E-state index contributed by atoms with van der Waals surface area (Å²) in [5.41, 5.74) is 3.49. The van der Waals surface area contributed by atoms with E-state index in [9.17, 15) is 4.79 Å². The van der Waals surface area contributed by atoms with Crippen molar-refractivity contribution in [3.63, 3.8) is 0 Å². The molecule has 0 unspecified atom stereocenters. The van der Waals surface area contributed by atoms with Crippen molar-refractivity contribution >= 4 is 23.2 Å². The smallest absolute Gasteiger partial charge is 0.222 e. The third-order valence-corrected chi connectivity index (χ3v) is 5.44. The molecule has 1 saturated heterocycles. The van der Waals surface area contributed by atoms with E-state index in [-0.39, 0.29) is 5.91 Å². The third-order valence-electron chi connectivity index (χ3n) is 5.07. The van der Waals surface area contributed by atoms with Gasteiger partial charge in [0.2, 0.25) is 5.91 Å². The van der Waals surface area contributed by atoms with Crippen LogP contribution in [0.4, 0.5) is 5.69 Å². The van der Waals surface area contributed by atoms with Gasteiger partial charge in [-0.05, 0) is 55.0 Å². The third kappa shape index (κ3) is 5.01. The van der Waals surface area contributed by atoms with Crippen molar-refractivity contribution in [2.45, 2.75) is 38.6 Å². The molecule has 0 aromatic heterocycles. The van der Waals surface area contributed by atoms with E-state index in [0.29, 0.717) is 19.4 Å². The highest BCUT2D eigenvalue weighted by atomic mass is 35.5. The Balaban J connectivity index is 1.51. The molecule has 3 nitrogen and oxygen atoms in total. The van der Waals surface area contributed by atoms with Gasteiger partial charge in [0, 0.05) is 43.8 Å². The average Bonchev–Trinajstić information content (AvgIpc) is 2.68. The lowest BCUT2D eigenvalue weighted by atomic mass is 10.1. The van der Waals surface area contributed by atoms with E-state index < -0.39 is 0 Å². The summed E-state index contributed by atoms with van der Waals surface area (Å²) in [6.07, 6.45) is 5.06. The number of carbonyl (C=O) groups is 1. The summed E-state index contributed by atoms with van der Waals surface area (Å²) in [6, 6.07) is 16.4. The topological polar surface area (TPSA) is 23.6 Å². The molecular formula is C22H27ClN2O. The van der Waals surface area contributed by atoms with Crippen LogP contribution < -0.4 is 4.90 Å². The highest BCUT2D eigenvalue weighted by molar-refractivity contribution is 6.31. The number of hydrogen-bond acceptors (Lipinski definition) is 2. The van der Waals surface area contributed by atoms with Crippen molar-refractivity contribution in [3.05, 3.63) is 64.7 Å². The summed E-state index contributed by atoms with van der Waals surface area (Å²) < 4.78 is 0. The van der Waals surface area contributed by atoms with E-state index in [0.717, 1.165) is 23.7 Å². The normalized spacial score (nSPS) is 14.3. The fraction of sp³-hybridized carbons (Fsp3) is 0.409. The van der Waals surface area contributed by atoms with Gasteiger partial charge in [0.15, 0.2) is 0 Å². The first-order chi connectivity index (χ1) is 12.6. The minimum atomic E-state index is 0.144. The van der Waals surface area contributed by atoms with Crippen LogP contribution in [0.2, 0.25) is 5.02 Å². The molecule has 1 amide bonds. The molecule has 3 rings (SSSR count). The minimum absolute atomic E-state index is 0.144. The van der Waals surface area contributed by atoms with E-state index in [1.807, 2.05) is 31.3 Å². The quantitative estimate of drug-likeness (QED) is 0.720. The largest absolute Gasteiger partial charge is 0.372 e. The van der Waals surface area contributed by atoms with Crippen molar-refractivity contribution in [3.8, 4) is 0 Å². The van der Waals surface area contributed by atoms with Gasteiger partial charge in [0.25, 0.3) is 0 Å². The molecule has 0 atom stereocenters. The number of carbonyl (C=O) groups excluding carboxylic acids is 1. The maximum atomic E-state index is 12.4. The number of anilines is 1. The van der Waals surface area contributed by atoms with Crippen molar-refractivity contribution in [2.75, 3.05) is 25.0 Å². The second-order valence-corrected chi connectivity index (χ2v) is 7.46. The molecular weight excluding hydrogens is 344 g/mol. The van der Waals surface area contributed by atoms with Crippen LogP contribution in [0, 0.1) is 0 Å². The Morgan fingerprint density at radius 1 is 1.04 bits per heavy atom. The molecule has 1 aliphatic rings. The summed E-state index contributed by atoms with van der Waals surface area (Å²) >= 11 is 6.17. The van der Waals surface area contributed by atoms with Gasteiger partial charge in [-0.15, -0.1) is 0 Å². The first-order valence-corrected chi connectivity index (χ1v) is 9.82. The molecule has 0 spiro atoms. The SMILES string of the molecule is CN(Cc1ccc(N2CCCCC2)cc1)C(=O)CCc1ccccc1Cl. The number of rotatable bonds is 6. The Hall–Kier alpha value is -2.00. The lowest BCUT2D eigenvalue weighted by Crippen LogP contribution is -2.29. The van der Waals surface area contributed by atoms with E-state index in [1.54, 1.807) is 4.90 Å². The predicted molar refractivity (Wildman–Crippen MR) is 109 cm³/mol. The van der Waals surface area contributed by atoms with Crippen LogP contribution in [0.15, 0.2) is 48.5 Å². The fourth-order valence-electron chi connectivity index (χ4n) is 3.46. The number of piperidine rings is 1. The van der Waals surface area contributed by atoms with E-state index in [1.165, 1.54) is 30.5 Å². The van der Waals surface area contributed by atoms with Gasteiger partial charge in [0.1, 0.15) is 0 Å². The fourth-order valence-corrected chi connectivity index (χ4v) is 3.69. The molecule has 0 aliphatic carbocycles. The maximum Gasteiger partial charge on any atom is 0.222 e. The predicted octanol–water partition coefficient (Wildman–Crippen LogP) is 4.92. The van der Waals surface area contributed by atoms with Gasteiger partial charge < -0.3 is 9.80 Å². The van der Waals surface area contributed by atoms with Gasteiger partial charge in [0.05, 0.1) is 0 Å². The highest BCUT2D eigenvalue weighted by Gasteiger charge is 2.13. The van der Waals surface area contributed by atoms with Crippen molar-refractivity contribution in [1.82, 2.24) is 4.90 Å². The summed E-state index contributed by atoms with van der Waals surface area (Å²) in [4.78, 5) is 16.7. The standard InChI is InChI=1S/C22H27ClN2O/c1-24(22(26)14-11-19-7-3-4-8-21(19)23)17-18-9-12-20(13-10-18)25-15-5-2-6-16-25/h3-4,7-10,12-13H,2,5-6,11,14-17H2,1H3. The van der Waals surface area contributed by atoms with Gasteiger partial charge >= 0.3 is 0 Å². The maximum absolute atomic E-state index is 12.4. The zero-order chi connectivity index (χ0) is 18.4. The van der Waals surface area contributed by atoms with E-state index >= 15 is 0 Å². The number of benzene rings is 2. The second kappa shape index (κ2) is 9.09. The molecule has 0 radical (unpaired) electrons. The summed E-state index contributed by atoms with van der Waals surface area (Å²) in [5.74, 6) is 0.144. The number of aryl methyl sites for hydroxylation is 1.